The molecule has 2 aromatic rings. The minimum atomic E-state index is 0.803. The minimum Gasteiger partial charge on any atom is -0.0808 e. The molecule has 0 radical (unpaired) electrons. The molecule has 92 valence electrons. The quantitative estimate of drug-likeness (QED) is 0.652. The van der Waals surface area contributed by atoms with Crippen molar-refractivity contribution in [2.45, 2.75) is 32.1 Å². The van der Waals surface area contributed by atoms with Crippen LogP contribution in [0, 0.1) is 5.92 Å². The van der Waals surface area contributed by atoms with Crippen molar-refractivity contribution in [3.05, 3.63) is 54.1 Å². The molecule has 1 aliphatic carbocycles. The summed E-state index contributed by atoms with van der Waals surface area (Å²) >= 11 is 0. The predicted molar refractivity (Wildman–Crippen MR) is 79.6 cm³/mol. The molecule has 1 fully saturated rings. The zero-order chi connectivity index (χ0) is 12.2. The maximum atomic E-state index is 2.43. The molecular formula is C18H20. The van der Waals surface area contributed by atoms with Crippen LogP contribution in [0.25, 0.3) is 16.8 Å². The highest BCUT2D eigenvalue weighted by Gasteiger charge is 2.09. The van der Waals surface area contributed by atoms with E-state index in [0.717, 1.165) is 5.92 Å². The fourth-order valence-corrected chi connectivity index (χ4v) is 2.96. The van der Waals surface area contributed by atoms with Crippen molar-refractivity contribution in [2.24, 2.45) is 5.92 Å². The lowest BCUT2D eigenvalue weighted by Crippen LogP contribution is -2.02. The predicted octanol–water partition coefficient (Wildman–Crippen LogP) is 5.43. The van der Waals surface area contributed by atoms with Crippen molar-refractivity contribution < 1.29 is 0 Å². The fourth-order valence-electron chi connectivity index (χ4n) is 2.96. The van der Waals surface area contributed by atoms with E-state index >= 15 is 0 Å². The van der Waals surface area contributed by atoms with E-state index in [0.29, 0.717) is 0 Å². The summed E-state index contributed by atoms with van der Waals surface area (Å²) in [5, 5.41) is 2.70. The fraction of sp³-hybridized carbons (Fsp3) is 0.333. The third-order valence-corrected chi connectivity index (χ3v) is 4.02. The molecule has 0 bridgehead atoms. The third-order valence-electron chi connectivity index (χ3n) is 4.02. The van der Waals surface area contributed by atoms with Gasteiger partial charge in [0.1, 0.15) is 0 Å². The number of rotatable bonds is 2. The highest BCUT2D eigenvalue weighted by atomic mass is 14.1. The van der Waals surface area contributed by atoms with Gasteiger partial charge in [0, 0.05) is 0 Å². The molecule has 1 saturated carbocycles. The number of benzene rings is 2. The van der Waals surface area contributed by atoms with Gasteiger partial charge in [-0.1, -0.05) is 73.9 Å². The molecule has 0 nitrogen and oxygen atoms in total. The SMILES string of the molecule is C(=C\C1CCCCC1)/c1cccc2ccccc12. The number of allylic oxidation sites excluding steroid dienone is 1. The van der Waals surface area contributed by atoms with E-state index in [1.807, 2.05) is 0 Å². The zero-order valence-electron chi connectivity index (χ0n) is 10.8. The van der Waals surface area contributed by atoms with Gasteiger partial charge >= 0.3 is 0 Å². The molecule has 0 aromatic heterocycles. The third kappa shape index (κ3) is 2.48. The van der Waals surface area contributed by atoms with E-state index in [1.54, 1.807) is 0 Å². The van der Waals surface area contributed by atoms with Crippen LogP contribution in [0.3, 0.4) is 0 Å². The monoisotopic (exact) mass is 236 g/mol. The van der Waals surface area contributed by atoms with Crippen molar-refractivity contribution >= 4 is 16.8 Å². The van der Waals surface area contributed by atoms with E-state index in [1.165, 1.54) is 48.4 Å². The van der Waals surface area contributed by atoms with E-state index in [2.05, 4.69) is 54.6 Å². The van der Waals surface area contributed by atoms with Crippen LogP contribution in [0.4, 0.5) is 0 Å². The number of fused-ring (bicyclic) bond motifs is 1. The maximum Gasteiger partial charge on any atom is -0.0112 e. The lowest BCUT2D eigenvalue weighted by Gasteiger charge is -2.17. The van der Waals surface area contributed by atoms with E-state index in [-0.39, 0.29) is 0 Å². The van der Waals surface area contributed by atoms with Gasteiger partial charge in [-0.05, 0) is 35.1 Å². The number of hydrogen-bond donors (Lipinski definition) is 0. The van der Waals surface area contributed by atoms with Crippen LogP contribution in [0.2, 0.25) is 0 Å². The average molecular weight is 236 g/mol. The van der Waals surface area contributed by atoms with E-state index in [9.17, 15) is 0 Å². The lowest BCUT2D eigenvalue weighted by atomic mass is 9.88. The summed E-state index contributed by atoms with van der Waals surface area (Å²) in [6.45, 7) is 0. The molecule has 18 heavy (non-hydrogen) atoms. The van der Waals surface area contributed by atoms with Gasteiger partial charge in [-0.3, -0.25) is 0 Å². The van der Waals surface area contributed by atoms with Gasteiger partial charge in [0.2, 0.25) is 0 Å². The molecule has 0 heteroatoms. The summed E-state index contributed by atoms with van der Waals surface area (Å²) in [6, 6.07) is 15.2. The van der Waals surface area contributed by atoms with Crippen molar-refractivity contribution in [1.29, 1.82) is 0 Å². The Morgan fingerprint density at radius 1 is 0.833 bits per heavy atom. The summed E-state index contributed by atoms with van der Waals surface area (Å²) in [4.78, 5) is 0. The summed E-state index contributed by atoms with van der Waals surface area (Å²) in [5.74, 6) is 0.803. The molecular weight excluding hydrogens is 216 g/mol. The van der Waals surface area contributed by atoms with Crippen molar-refractivity contribution in [3.63, 3.8) is 0 Å². The highest BCUT2D eigenvalue weighted by molar-refractivity contribution is 5.90. The van der Waals surface area contributed by atoms with Gasteiger partial charge in [-0.2, -0.15) is 0 Å². The first-order valence-corrected chi connectivity index (χ1v) is 7.09. The van der Waals surface area contributed by atoms with Gasteiger partial charge < -0.3 is 0 Å². The Balaban J connectivity index is 1.87. The molecule has 0 amide bonds. The normalized spacial score (nSPS) is 17.6. The Morgan fingerprint density at radius 2 is 1.61 bits per heavy atom. The zero-order valence-corrected chi connectivity index (χ0v) is 10.8. The van der Waals surface area contributed by atoms with Crippen LogP contribution in [-0.4, -0.2) is 0 Å². The molecule has 0 spiro atoms. The molecule has 0 unspecified atom stereocenters. The van der Waals surface area contributed by atoms with Crippen molar-refractivity contribution in [3.8, 4) is 0 Å². The maximum absolute atomic E-state index is 2.43. The largest absolute Gasteiger partial charge is 0.0808 e. The van der Waals surface area contributed by atoms with Crippen LogP contribution < -0.4 is 0 Å². The van der Waals surface area contributed by atoms with Crippen LogP contribution >= 0.6 is 0 Å². The van der Waals surface area contributed by atoms with Gasteiger partial charge in [-0.15, -0.1) is 0 Å². The van der Waals surface area contributed by atoms with Gasteiger partial charge in [0.25, 0.3) is 0 Å². The van der Waals surface area contributed by atoms with E-state index < -0.39 is 0 Å². The van der Waals surface area contributed by atoms with Crippen molar-refractivity contribution in [1.82, 2.24) is 0 Å². The van der Waals surface area contributed by atoms with Crippen LogP contribution in [0.1, 0.15) is 37.7 Å². The van der Waals surface area contributed by atoms with Crippen LogP contribution in [0.15, 0.2) is 48.5 Å². The van der Waals surface area contributed by atoms with E-state index in [4.69, 9.17) is 0 Å². The Labute approximate surface area is 109 Å². The Bertz CT molecular complexity index is 539. The van der Waals surface area contributed by atoms with Crippen LogP contribution in [0.5, 0.6) is 0 Å². The second kappa shape index (κ2) is 5.39. The second-order valence-corrected chi connectivity index (χ2v) is 5.33. The molecule has 0 heterocycles. The smallest absolute Gasteiger partial charge is 0.0112 e. The molecule has 0 aliphatic heterocycles. The Morgan fingerprint density at radius 3 is 2.50 bits per heavy atom. The standard InChI is InChI=1S/C18H20/c1-2-7-15(8-3-1)13-14-17-11-6-10-16-9-4-5-12-18(16)17/h4-6,9-15H,1-3,7-8H2/b14-13+. The first-order chi connectivity index (χ1) is 8.93. The molecule has 1 aliphatic rings. The lowest BCUT2D eigenvalue weighted by molar-refractivity contribution is 0.420. The average Bonchev–Trinajstić information content (AvgIpc) is 2.46. The molecule has 0 saturated heterocycles. The van der Waals surface area contributed by atoms with Gasteiger partial charge in [0.05, 0.1) is 0 Å². The number of hydrogen-bond acceptors (Lipinski definition) is 0. The minimum absolute atomic E-state index is 0.803. The first-order valence-electron chi connectivity index (χ1n) is 7.09. The Kier molecular flexibility index (Phi) is 3.45. The van der Waals surface area contributed by atoms with Crippen molar-refractivity contribution in [2.75, 3.05) is 0 Å². The first kappa shape index (κ1) is 11.5. The van der Waals surface area contributed by atoms with Gasteiger partial charge in [-0.25, -0.2) is 0 Å². The highest BCUT2D eigenvalue weighted by Crippen LogP contribution is 2.26. The summed E-state index contributed by atoms with van der Waals surface area (Å²) in [6.07, 6.45) is 11.8. The van der Waals surface area contributed by atoms with Gasteiger partial charge in [0.15, 0.2) is 0 Å². The second-order valence-electron chi connectivity index (χ2n) is 5.33. The molecule has 0 atom stereocenters. The van der Waals surface area contributed by atoms with Crippen LogP contribution in [-0.2, 0) is 0 Å². The summed E-state index contributed by atoms with van der Waals surface area (Å²) < 4.78 is 0. The Hall–Kier alpha value is -1.56. The molecule has 0 N–H and O–H groups in total. The summed E-state index contributed by atoms with van der Waals surface area (Å²) in [5.41, 5.74) is 1.36. The topological polar surface area (TPSA) is 0 Å². The molecule has 2 aromatic carbocycles. The molecule has 3 rings (SSSR count). The summed E-state index contributed by atoms with van der Waals surface area (Å²) in [7, 11) is 0.